The van der Waals surface area contributed by atoms with Crippen molar-refractivity contribution in [1.29, 1.82) is 0 Å². The van der Waals surface area contributed by atoms with E-state index in [1.165, 1.54) is 32.1 Å². The highest BCUT2D eigenvalue weighted by molar-refractivity contribution is 5.94. The second-order valence-electron chi connectivity index (χ2n) is 7.34. The molecule has 0 aromatic heterocycles. The standard InChI is InChI=1S/C22H35NO2/c1-3-5-15-23(16-6-4-2)22(24)20-13-10-14-21(17-20)25-18-19-11-8-7-9-12-19/h10,13-14,17,19H,3-9,11-12,15-16,18H2,1-2H3. The lowest BCUT2D eigenvalue weighted by Crippen LogP contribution is -2.33. The number of rotatable bonds is 10. The zero-order valence-corrected chi connectivity index (χ0v) is 16.1. The molecule has 0 atom stereocenters. The Balaban J connectivity index is 1.95. The predicted octanol–water partition coefficient (Wildman–Crippen LogP) is 5.69. The van der Waals surface area contributed by atoms with E-state index in [0.29, 0.717) is 5.92 Å². The molecule has 1 fully saturated rings. The number of nitrogens with zero attached hydrogens (tertiary/aromatic N) is 1. The van der Waals surface area contributed by atoms with Gasteiger partial charge in [0, 0.05) is 18.7 Å². The summed E-state index contributed by atoms with van der Waals surface area (Å²) in [6.45, 7) is 6.82. The summed E-state index contributed by atoms with van der Waals surface area (Å²) in [6, 6.07) is 7.76. The van der Waals surface area contributed by atoms with Crippen LogP contribution in [0, 0.1) is 5.92 Å². The van der Waals surface area contributed by atoms with Crippen LogP contribution in [-0.4, -0.2) is 30.5 Å². The Hall–Kier alpha value is -1.51. The Morgan fingerprint density at radius 1 is 1.08 bits per heavy atom. The van der Waals surface area contributed by atoms with Gasteiger partial charge in [0.15, 0.2) is 0 Å². The van der Waals surface area contributed by atoms with Gasteiger partial charge >= 0.3 is 0 Å². The van der Waals surface area contributed by atoms with Gasteiger partial charge in [-0.25, -0.2) is 0 Å². The van der Waals surface area contributed by atoms with Crippen molar-refractivity contribution in [2.75, 3.05) is 19.7 Å². The number of unbranched alkanes of at least 4 members (excludes halogenated alkanes) is 2. The van der Waals surface area contributed by atoms with Crippen molar-refractivity contribution in [3.63, 3.8) is 0 Å². The molecule has 0 radical (unpaired) electrons. The van der Waals surface area contributed by atoms with Gasteiger partial charge in [-0.1, -0.05) is 52.0 Å². The van der Waals surface area contributed by atoms with Crippen molar-refractivity contribution in [3.8, 4) is 5.75 Å². The first kappa shape index (κ1) is 19.8. The smallest absolute Gasteiger partial charge is 0.253 e. The Morgan fingerprint density at radius 2 is 1.76 bits per heavy atom. The molecule has 1 saturated carbocycles. The van der Waals surface area contributed by atoms with Gasteiger partial charge in [0.2, 0.25) is 0 Å². The summed E-state index contributed by atoms with van der Waals surface area (Å²) in [4.78, 5) is 14.9. The van der Waals surface area contributed by atoms with E-state index in [-0.39, 0.29) is 5.91 Å². The van der Waals surface area contributed by atoms with Crippen molar-refractivity contribution in [2.45, 2.75) is 71.6 Å². The lowest BCUT2D eigenvalue weighted by atomic mass is 9.90. The monoisotopic (exact) mass is 345 g/mol. The van der Waals surface area contributed by atoms with Gasteiger partial charge in [0.25, 0.3) is 5.91 Å². The zero-order chi connectivity index (χ0) is 17.9. The largest absolute Gasteiger partial charge is 0.493 e. The number of hydrogen-bond donors (Lipinski definition) is 0. The normalized spacial score (nSPS) is 15.1. The van der Waals surface area contributed by atoms with Crippen LogP contribution in [0.1, 0.15) is 82.0 Å². The minimum Gasteiger partial charge on any atom is -0.493 e. The van der Waals surface area contributed by atoms with Gasteiger partial charge in [-0.3, -0.25) is 4.79 Å². The van der Waals surface area contributed by atoms with E-state index < -0.39 is 0 Å². The van der Waals surface area contributed by atoms with Crippen molar-refractivity contribution < 1.29 is 9.53 Å². The molecule has 3 heteroatoms. The van der Waals surface area contributed by atoms with Crippen LogP contribution in [0.3, 0.4) is 0 Å². The number of carbonyl (C=O) groups excluding carboxylic acids is 1. The predicted molar refractivity (Wildman–Crippen MR) is 104 cm³/mol. The summed E-state index contributed by atoms with van der Waals surface area (Å²) in [6.07, 6.45) is 10.9. The second kappa shape index (κ2) is 11.2. The fourth-order valence-corrected chi connectivity index (χ4v) is 3.48. The number of hydrogen-bond acceptors (Lipinski definition) is 2. The van der Waals surface area contributed by atoms with Gasteiger partial charge in [-0.05, 0) is 49.8 Å². The summed E-state index contributed by atoms with van der Waals surface area (Å²) in [5, 5.41) is 0. The molecule has 0 N–H and O–H groups in total. The van der Waals surface area contributed by atoms with Crippen molar-refractivity contribution in [2.24, 2.45) is 5.92 Å². The topological polar surface area (TPSA) is 29.5 Å². The molecule has 3 nitrogen and oxygen atoms in total. The molecule has 1 aromatic carbocycles. The van der Waals surface area contributed by atoms with E-state index in [1.54, 1.807) is 0 Å². The van der Waals surface area contributed by atoms with Gasteiger partial charge in [-0.15, -0.1) is 0 Å². The highest BCUT2D eigenvalue weighted by atomic mass is 16.5. The van der Waals surface area contributed by atoms with Crippen LogP contribution in [0.4, 0.5) is 0 Å². The van der Waals surface area contributed by atoms with E-state index in [9.17, 15) is 4.79 Å². The Labute approximate surface area is 153 Å². The number of amides is 1. The van der Waals surface area contributed by atoms with Gasteiger partial charge in [0.05, 0.1) is 6.61 Å². The molecule has 1 aliphatic carbocycles. The summed E-state index contributed by atoms with van der Waals surface area (Å²) in [7, 11) is 0. The number of carbonyl (C=O) groups is 1. The van der Waals surface area contributed by atoms with Crippen LogP contribution < -0.4 is 4.74 Å². The molecule has 1 aromatic rings. The highest BCUT2D eigenvalue weighted by Gasteiger charge is 2.17. The molecule has 25 heavy (non-hydrogen) atoms. The van der Waals surface area contributed by atoms with E-state index >= 15 is 0 Å². The molecule has 0 saturated heterocycles. The van der Waals surface area contributed by atoms with E-state index in [1.807, 2.05) is 29.2 Å². The molecule has 0 bridgehead atoms. The third-order valence-corrected chi connectivity index (χ3v) is 5.14. The van der Waals surface area contributed by atoms with Crippen LogP contribution in [0.5, 0.6) is 5.75 Å². The minimum atomic E-state index is 0.144. The Morgan fingerprint density at radius 3 is 2.40 bits per heavy atom. The Kier molecular flexibility index (Phi) is 8.85. The molecule has 1 amide bonds. The SMILES string of the molecule is CCCCN(CCCC)C(=O)c1cccc(OCC2CCCCC2)c1. The molecule has 2 rings (SSSR count). The first-order valence-electron chi connectivity index (χ1n) is 10.3. The van der Waals surface area contributed by atoms with E-state index in [4.69, 9.17) is 4.74 Å². The highest BCUT2D eigenvalue weighted by Crippen LogP contribution is 2.25. The number of benzene rings is 1. The molecular weight excluding hydrogens is 310 g/mol. The van der Waals surface area contributed by atoms with Crippen LogP contribution >= 0.6 is 0 Å². The third-order valence-electron chi connectivity index (χ3n) is 5.14. The van der Waals surface area contributed by atoms with Crippen LogP contribution in [-0.2, 0) is 0 Å². The summed E-state index contributed by atoms with van der Waals surface area (Å²) in [5.74, 6) is 1.66. The van der Waals surface area contributed by atoms with Crippen molar-refractivity contribution in [1.82, 2.24) is 4.90 Å². The van der Waals surface area contributed by atoms with E-state index in [2.05, 4.69) is 13.8 Å². The lowest BCUT2D eigenvalue weighted by Gasteiger charge is -2.23. The van der Waals surface area contributed by atoms with Gasteiger partial charge in [0.1, 0.15) is 5.75 Å². The van der Waals surface area contributed by atoms with E-state index in [0.717, 1.165) is 56.7 Å². The first-order valence-corrected chi connectivity index (χ1v) is 10.3. The maximum atomic E-state index is 12.9. The fourth-order valence-electron chi connectivity index (χ4n) is 3.48. The number of ether oxygens (including phenoxy) is 1. The van der Waals surface area contributed by atoms with Crippen molar-refractivity contribution in [3.05, 3.63) is 29.8 Å². The average Bonchev–Trinajstić information content (AvgIpc) is 2.67. The summed E-state index contributed by atoms with van der Waals surface area (Å²) >= 11 is 0. The second-order valence-corrected chi connectivity index (χ2v) is 7.34. The van der Waals surface area contributed by atoms with Crippen LogP contribution in [0.15, 0.2) is 24.3 Å². The van der Waals surface area contributed by atoms with Crippen LogP contribution in [0.25, 0.3) is 0 Å². The third kappa shape index (κ3) is 6.72. The molecule has 0 heterocycles. The fraction of sp³-hybridized carbons (Fsp3) is 0.682. The molecule has 0 aliphatic heterocycles. The quantitative estimate of drug-likeness (QED) is 0.545. The summed E-state index contributed by atoms with van der Waals surface area (Å²) < 4.78 is 6.01. The maximum absolute atomic E-state index is 12.9. The minimum absolute atomic E-state index is 0.144. The molecule has 0 spiro atoms. The van der Waals surface area contributed by atoms with Gasteiger partial charge < -0.3 is 9.64 Å². The maximum Gasteiger partial charge on any atom is 0.253 e. The first-order chi connectivity index (χ1) is 12.2. The summed E-state index contributed by atoms with van der Waals surface area (Å²) in [5.41, 5.74) is 0.758. The lowest BCUT2D eigenvalue weighted by molar-refractivity contribution is 0.0750. The molecule has 0 unspecified atom stereocenters. The average molecular weight is 346 g/mol. The zero-order valence-electron chi connectivity index (χ0n) is 16.1. The van der Waals surface area contributed by atoms with Gasteiger partial charge in [-0.2, -0.15) is 0 Å². The Bertz CT molecular complexity index is 501. The van der Waals surface area contributed by atoms with Crippen molar-refractivity contribution >= 4 is 5.91 Å². The molecule has 1 aliphatic rings. The molecule has 140 valence electrons. The molecular formula is C22H35NO2. The van der Waals surface area contributed by atoms with Crippen LogP contribution in [0.2, 0.25) is 0 Å².